The van der Waals surface area contributed by atoms with Gasteiger partial charge in [0.15, 0.2) is 3.83 Å². The summed E-state index contributed by atoms with van der Waals surface area (Å²) in [6, 6.07) is 0. The van der Waals surface area contributed by atoms with Crippen molar-refractivity contribution in [1.82, 2.24) is 19.9 Å². The van der Waals surface area contributed by atoms with E-state index in [1.54, 1.807) is 12.4 Å². The molecular weight excluding hydrogens is 255 g/mol. The predicted octanol–water partition coefficient (Wildman–Crippen LogP) is 1.02. The molecule has 0 aromatic carbocycles. The second-order valence-corrected chi connectivity index (χ2v) is 2.90. The molecule has 0 atom stereocenters. The normalized spacial score (nSPS) is 10.3. The smallest absolute Gasteiger partial charge is 0.191 e. The fraction of sp³-hybridized carbons (Fsp3) is 0. The van der Waals surface area contributed by atoms with Crippen LogP contribution in [0.5, 0.6) is 0 Å². The van der Waals surface area contributed by atoms with Crippen molar-refractivity contribution < 1.29 is 0 Å². The highest BCUT2D eigenvalue weighted by Crippen LogP contribution is 2.05. The Morgan fingerprint density at radius 1 is 1.09 bits per heavy atom. The Labute approximate surface area is 76.3 Å². The van der Waals surface area contributed by atoms with Crippen LogP contribution in [0.2, 0.25) is 0 Å². The summed E-state index contributed by atoms with van der Waals surface area (Å²) in [5, 5.41) is 0. The van der Waals surface area contributed by atoms with Crippen molar-refractivity contribution >= 4 is 33.6 Å². The van der Waals surface area contributed by atoms with E-state index < -0.39 is 0 Å². The van der Waals surface area contributed by atoms with Gasteiger partial charge in [0.1, 0.15) is 17.4 Å². The van der Waals surface area contributed by atoms with Gasteiger partial charge in [-0.2, -0.15) is 0 Å². The van der Waals surface area contributed by atoms with Crippen LogP contribution in [-0.4, -0.2) is 19.9 Å². The van der Waals surface area contributed by atoms with Crippen molar-refractivity contribution in [2.75, 3.05) is 0 Å². The molecule has 0 spiro atoms. The third kappa shape index (κ3) is 1.28. The van der Waals surface area contributed by atoms with Crippen LogP contribution in [0.15, 0.2) is 18.7 Å². The van der Waals surface area contributed by atoms with Gasteiger partial charge < -0.3 is 0 Å². The number of halogens is 1. The van der Waals surface area contributed by atoms with Gasteiger partial charge >= 0.3 is 0 Å². The average Bonchev–Trinajstić information content (AvgIpc) is 2.04. The standard InChI is InChI=1S/C6H3IN4/c7-6-9-2-4-5(11-6)1-8-3-10-4/h1-3H. The molecule has 2 aromatic heterocycles. The molecule has 0 radical (unpaired) electrons. The largest absolute Gasteiger partial charge is 0.243 e. The maximum absolute atomic E-state index is 4.13. The lowest BCUT2D eigenvalue weighted by Crippen LogP contribution is -1.89. The Kier molecular flexibility index (Phi) is 1.65. The molecule has 0 aliphatic heterocycles. The highest BCUT2D eigenvalue weighted by Gasteiger charge is 1.95. The molecule has 2 aromatic rings. The fourth-order valence-corrected chi connectivity index (χ4v) is 1.16. The van der Waals surface area contributed by atoms with Crippen molar-refractivity contribution in [1.29, 1.82) is 0 Å². The van der Waals surface area contributed by atoms with E-state index in [2.05, 4.69) is 42.5 Å². The highest BCUT2D eigenvalue weighted by molar-refractivity contribution is 14.1. The van der Waals surface area contributed by atoms with Gasteiger partial charge in [0.25, 0.3) is 0 Å². The van der Waals surface area contributed by atoms with Crippen LogP contribution in [0.25, 0.3) is 11.0 Å². The molecule has 4 nitrogen and oxygen atoms in total. The van der Waals surface area contributed by atoms with Gasteiger partial charge in [-0.3, -0.25) is 0 Å². The minimum atomic E-state index is 0.713. The zero-order valence-corrected chi connectivity index (χ0v) is 7.56. The number of hydrogen-bond acceptors (Lipinski definition) is 4. The summed E-state index contributed by atoms with van der Waals surface area (Å²) in [5.74, 6) is 0. The van der Waals surface area contributed by atoms with E-state index in [0.717, 1.165) is 11.0 Å². The third-order valence-electron chi connectivity index (χ3n) is 1.23. The summed E-state index contributed by atoms with van der Waals surface area (Å²) >= 11 is 2.05. The lowest BCUT2D eigenvalue weighted by molar-refractivity contribution is 1.11. The number of aromatic nitrogens is 4. The summed E-state index contributed by atoms with van der Waals surface area (Å²) in [5.41, 5.74) is 1.56. The Bertz CT molecular complexity index is 389. The highest BCUT2D eigenvalue weighted by atomic mass is 127. The van der Waals surface area contributed by atoms with Gasteiger partial charge in [-0.05, 0) is 0 Å². The number of hydrogen-bond donors (Lipinski definition) is 0. The van der Waals surface area contributed by atoms with Crippen LogP contribution in [0.4, 0.5) is 0 Å². The zero-order chi connectivity index (χ0) is 7.68. The number of rotatable bonds is 0. The molecule has 0 bridgehead atoms. The molecule has 0 N–H and O–H groups in total. The average molecular weight is 258 g/mol. The fourth-order valence-electron chi connectivity index (χ4n) is 0.760. The first-order valence-corrected chi connectivity index (χ1v) is 4.02. The predicted molar refractivity (Wildman–Crippen MR) is 47.8 cm³/mol. The maximum Gasteiger partial charge on any atom is 0.191 e. The lowest BCUT2D eigenvalue weighted by Gasteiger charge is -1.92. The molecule has 0 aliphatic rings. The molecule has 0 fully saturated rings. The minimum Gasteiger partial charge on any atom is -0.243 e. The van der Waals surface area contributed by atoms with Crippen LogP contribution in [0, 0.1) is 3.83 Å². The van der Waals surface area contributed by atoms with Crippen molar-refractivity contribution in [3.63, 3.8) is 0 Å². The molecule has 0 saturated heterocycles. The molecular formula is C6H3IN4. The Hall–Kier alpha value is -0.850. The summed E-state index contributed by atoms with van der Waals surface area (Å²) in [4.78, 5) is 16.0. The molecule has 11 heavy (non-hydrogen) atoms. The van der Waals surface area contributed by atoms with Gasteiger partial charge in [-0.25, -0.2) is 19.9 Å². The van der Waals surface area contributed by atoms with Crippen LogP contribution >= 0.6 is 22.6 Å². The molecule has 54 valence electrons. The van der Waals surface area contributed by atoms with E-state index in [4.69, 9.17) is 0 Å². The summed E-state index contributed by atoms with van der Waals surface area (Å²) < 4.78 is 0.713. The van der Waals surface area contributed by atoms with E-state index in [1.807, 2.05) is 0 Å². The van der Waals surface area contributed by atoms with Gasteiger partial charge in [0.05, 0.1) is 12.4 Å². The van der Waals surface area contributed by atoms with E-state index in [-0.39, 0.29) is 0 Å². The number of nitrogens with zero attached hydrogens (tertiary/aromatic N) is 4. The first-order chi connectivity index (χ1) is 5.36. The second kappa shape index (κ2) is 2.65. The SMILES string of the molecule is Ic1ncc2ncncc2n1. The maximum atomic E-state index is 4.13. The molecule has 0 unspecified atom stereocenters. The Morgan fingerprint density at radius 2 is 2.00 bits per heavy atom. The first-order valence-electron chi connectivity index (χ1n) is 2.94. The summed E-state index contributed by atoms with van der Waals surface area (Å²) in [7, 11) is 0. The van der Waals surface area contributed by atoms with Gasteiger partial charge in [-0.15, -0.1) is 0 Å². The Morgan fingerprint density at radius 3 is 2.91 bits per heavy atom. The molecule has 2 rings (SSSR count). The van der Waals surface area contributed by atoms with E-state index in [9.17, 15) is 0 Å². The monoisotopic (exact) mass is 258 g/mol. The van der Waals surface area contributed by atoms with Crippen LogP contribution in [-0.2, 0) is 0 Å². The van der Waals surface area contributed by atoms with E-state index in [0.29, 0.717) is 3.83 Å². The van der Waals surface area contributed by atoms with E-state index in [1.165, 1.54) is 6.33 Å². The van der Waals surface area contributed by atoms with Gasteiger partial charge in [0, 0.05) is 22.6 Å². The Balaban J connectivity index is 2.83. The van der Waals surface area contributed by atoms with E-state index >= 15 is 0 Å². The number of fused-ring (bicyclic) bond motifs is 1. The lowest BCUT2D eigenvalue weighted by atomic mass is 10.4. The quantitative estimate of drug-likeness (QED) is 0.523. The molecule has 5 heteroatoms. The molecule has 0 saturated carbocycles. The van der Waals surface area contributed by atoms with Crippen LogP contribution < -0.4 is 0 Å². The van der Waals surface area contributed by atoms with Crippen molar-refractivity contribution in [2.24, 2.45) is 0 Å². The second-order valence-electron chi connectivity index (χ2n) is 1.93. The van der Waals surface area contributed by atoms with Gasteiger partial charge in [-0.1, -0.05) is 0 Å². The topological polar surface area (TPSA) is 51.6 Å². The molecule has 0 amide bonds. The summed E-state index contributed by atoms with van der Waals surface area (Å²) in [6.45, 7) is 0. The van der Waals surface area contributed by atoms with Crippen molar-refractivity contribution in [3.05, 3.63) is 22.6 Å². The first kappa shape index (κ1) is 6.84. The minimum absolute atomic E-state index is 0.713. The van der Waals surface area contributed by atoms with Crippen molar-refractivity contribution in [3.8, 4) is 0 Å². The molecule has 0 aliphatic carbocycles. The third-order valence-corrected chi connectivity index (χ3v) is 1.75. The molecule has 2 heterocycles. The van der Waals surface area contributed by atoms with Crippen LogP contribution in [0.3, 0.4) is 0 Å². The van der Waals surface area contributed by atoms with Crippen LogP contribution in [0.1, 0.15) is 0 Å². The van der Waals surface area contributed by atoms with Crippen molar-refractivity contribution in [2.45, 2.75) is 0 Å². The zero-order valence-electron chi connectivity index (χ0n) is 5.40. The summed E-state index contributed by atoms with van der Waals surface area (Å²) in [6.07, 6.45) is 4.84. The van der Waals surface area contributed by atoms with Gasteiger partial charge in [0.2, 0.25) is 0 Å².